The Balaban J connectivity index is 1.71. The first-order chi connectivity index (χ1) is 14.0. The van der Waals surface area contributed by atoms with Crippen LogP contribution in [0.5, 0.6) is 5.75 Å². The van der Waals surface area contributed by atoms with Gasteiger partial charge in [-0.05, 0) is 37.3 Å². The normalized spacial score (nSPS) is 13.0. The summed E-state index contributed by atoms with van der Waals surface area (Å²) < 4.78 is 19.6. The molecule has 1 amide bonds. The summed E-state index contributed by atoms with van der Waals surface area (Å²) in [5, 5.41) is 0. The minimum Gasteiger partial charge on any atom is -0.489 e. The number of ether oxygens (including phenoxy) is 1. The highest BCUT2D eigenvalue weighted by Gasteiger charge is 2.31. The summed E-state index contributed by atoms with van der Waals surface area (Å²) >= 11 is 0. The minimum atomic E-state index is -0.612. The van der Waals surface area contributed by atoms with Crippen molar-refractivity contribution in [2.24, 2.45) is 0 Å². The summed E-state index contributed by atoms with van der Waals surface area (Å²) in [5.41, 5.74) is 8.04. The van der Waals surface area contributed by atoms with Crippen LogP contribution in [0.1, 0.15) is 22.8 Å². The Bertz CT molecular complexity index is 1090. The molecule has 1 aliphatic heterocycles. The number of aromatic nitrogens is 2. The van der Waals surface area contributed by atoms with Crippen molar-refractivity contribution in [2.45, 2.75) is 13.5 Å². The van der Waals surface area contributed by atoms with E-state index in [1.807, 2.05) is 13.0 Å². The van der Waals surface area contributed by atoms with E-state index in [1.54, 1.807) is 48.5 Å². The molecule has 0 bridgehead atoms. The monoisotopic (exact) mass is 393 g/mol. The number of benzene rings is 1. The number of nitrogens with two attached hydrogens (primary N) is 1. The predicted molar refractivity (Wildman–Crippen MR) is 109 cm³/mol. The van der Waals surface area contributed by atoms with Gasteiger partial charge in [-0.3, -0.25) is 4.79 Å². The maximum atomic E-state index is 13.8. The van der Waals surface area contributed by atoms with Gasteiger partial charge in [-0.25, -0.2) is 4.98 Å². The van der Waals surface area contributed by atoms with Crippen LogP contribution in [0.4, 0.5) is 27.4 Å². The van der Waals surface area contributed by atoms with Gasteiger partial charge in [-0.2, -0.15) is 9.37 Å². The highest BCUT2D eigenvalue weighted by atomic mass is 19.1. The summed E-state index contributed by atoms with van der Waals surface area (Å²) in [6.07, 6.45) is 1.64. The highest BCUT2D eigenvalue weighted by molar-refractivity contribution is 6.12. The number of pyridine rings is 2. The van der Waals surface area contributed by atoms with Crippen molar-refractivity contribution < 1.29 is 13.9 Å². The number of amides is 1. The second kappa shape index (κ2) is 7.38. The van der Waals surface area contributed by atoms with Crippen LogP contribution in [-0.4, -0.2) is 29.5 Å². The summed E-state index contributed by atoms with van der Waals surface area (Å²) in [6.45, 7) is 2.60. The zero-order valence-electron chi connectivity index (χ0n) is 16.1. The molecule has 8 heteroatoms. The van der Waals surface area contributed by atoms with E-state index in [2.05, 4.69) is 9.97 Å². The lowest BCUT2D eigenvalue weighted by atomic mass is 10.1. The van der Waals surface area contributed by atoms with Gasteiger partial charge >= 0.3 is 0 Å². The Labute approximate surface area is 167 Å². The van der Waals surface area contributed by atoms with Crippen molar-refractivity contribution in [3.05, 3.63) is 65.7 Å². The minimum absolute atomic E-state index is 0.229. The van der Waals surface area contributed by atoms with Crippen LogP contribution in [-0.2, 0) is 6.61 Å². The SMILES string of the molecule is CCN1c2ncc(COc3cccc(N)c3)cc2C(=O)N(C)c2ccc(F)nc21. The second-order valence-corrected chi connectivity index (χ2v) is 6.66. The molecule has 148 valence electrons. The van der Waals surface area contributed by atoms with Crippen LogP contribution in [0.15, 0.2) is 48.7 Å². The molecule has 0 spiro atoms. The third-order valence-corrected chi connectivity index (χ3v) is 4.73. The average molecular weight is 393 g/mol. The van der Waals surface area contributed by atoms with Gasteiger partial charge in [-0.15, -0.1) is 0 Å². The van der Waals surface area contributed by atoms with Gasteiger partial charge in [0.05, 0.1) is 11.3 Å². The number of carbonyl (C=O) groups is 1. The summed E-state index contributed by atoms with van der Waals surface area (Å²) in [6, 6.07) is 11.7. The quantitative estimate of drug-likeness (QED) is 0.539. The van der Waals surface area contributed by atoms with Gasteiger partial charge in [0.2, 0.25) is 5.95 Å². The maximum absolute atomic E-state index is 13.8. The lowest BCUT2D eigenvalue weighted by Gasteiger charge is -2.22. The van der Waals surface area contributed by atoms with Gasteiger partial charge in [-0.1, -0.05) is 6.07 Å². The van der Waals surface area contributed by atoms with Crippen LogP contribution < -0.4 is 20.3 Å². The predicted octanol–water partition coefficient (Wildman–Crippen LogP) is 3.52. The third kappa shape index (κ3) is 3.44. The van der Waals surface area contributed by atoms with Crippen LogP contribution in [0.2, 0.25) is 0 Å². The first kappa shape index (κ1) is 18.7. The van der Waals surface area contributed by atoms with E-state index in [4.69, 9.17) is 10.5 Å². The highest BCUT2D eigenvalue weighted by Crippen LogP contribution is 2.37. The number of carbonyl (C=O) groups excluding carboxylic acids is 1. The van der Waals surface area contributed by atoms with Gasteiger partial charge in [0.25, 0.3) is 5.91 Å². The standard InChI is InChI=1S/C21H20FN5O2/c1-3-27-19-16(21(28)26(2)17-7-8-18(22)25-20(17)27)9-13(11-24-19)12-29-15-6-4-5-14(23)10-15/h4-11H,3,12,23H2,1-2H3. The number of halogens is 1. The van der Waals surface area contributed by atoms with E-state index < -0.39 is 5.95 Å². The van der Waals surface area contributed by atoms with Gasteiger partial charge < -0.3 is 20.3 Å². The van der Waals surface area contributed by atoms with Crippen molar-refractivity contribution in [1.29, 1.82) is 0 Å². The summed E-state index contributed by atoms with van der Waals surface area (Å²) in [4.78, 5) is 24.8. The Morgan fingerprint density at radius 2 is 2.00 bits per heavy atom. The smallest absolute Gasteiger partial charge is 0.261 e. The van der Waals surface area contributed by atoms with Gasteiger partial charge in [0.15, 0.2) is 5.82 Å². The van der Waals surface area contributed by atoms with Crippen LogP contribution in [0.3, 0.4) is 0 Å². The molecule has 2 aromatic heterocycles. The van der Waals surface area contributed by atoms with E-state index in [9.17, 15) is 9.18 Å². The molecule has 0 saturated carbocycles. The second-order valence-electron chi connectivity index (χ2n) is 6.66. The third-order valence-electron chi connectivity index (χ3n) is 4.73. The summed E-state index contributed by atoms with van der Waals surface area (Å²) in [5.74, 6) is 0.570. The molecule has 1 aliphatic rings. The molecular formula is C21H20FN5O2. The molecular weight excluding hydrogens is 373 g/mol. The van der Waals surface area contributed by atoms with Crippen LogP contribution in [0.25, 0.3) is 0 Å². The summed E-state index contributed by atoms with van der Waals surface area (Å²) in [7, 11) is 1.64. The molecule has 0 saturated heterocycles. The van der Waals surface area contributed by atoms with Crippen molar-refractivity contribution >= 4 is 28.9 Å². The Morgan fingerprint density at radius 3 is 2.76 bits per heavy atom. The van der Waals surface area contributed by atoms with E-state index in [1.165, 1.54) is 11.0 Å². The fourth-order valence-corrected chi connectivity index (χ4v) is 3.29. The Kier molecular flexibility index (Phi) is 4.75. The van der Waals surface area contributed by atoms with Crippen molar-refractivity contribution in [2.75, 3.05) is 29.1 Å². The fraction of sp³-hybridized carbons (Fsp3) is 0.190. The van der Waals surface area contributed by atoms with E-state index >= 15 is 0 Å². The molecule has 0 radical (unpaired) electrons. The lowest BCUT2D eigenvalue weighted by molar-refractivity contribution is 0.0994. The number of nitrogen functional groups attached to an aromatic ring is 1. The Morgan fingerprint density at radius 1 is 1.17 bits per heavy atom. The van der Waals surface area contributed by atoms with E-state index in [0.29, 0.717) is 40.9 Å². The number of fused-ring (bicyclic) bond motifs is 2. The molecule has 0 unspecified atom stereocenters. The molecule has 0 fully saturated rings. The van der Waals surface area contributed by atoms with Crippen LogP contribution in [0, 0.1) is 5.95 Å². The zero-order valence-corrected chi connectivity index (χ0v) is 16.1. The van der Waals surface area contributed by atoms with Crippen molar-refractivity contribution in [1.82, 2.24) is 9.97 Å². The first-order valence-electron chi connectivity index (χ1n) is 9.17. The molecule has 3 aromatic rings. The molecule has 3 heterocycles. The zero-order chi connectivity index (χ0) is 20.5. The van der Waals surface area contributed by atoms with Crippen LogP contribution >= 0.6 is 0 Å². The average Bonchev–Trinajstić information content (AvgIpc) is 2.80. The van der Waals surface area contributed by atoms with Gasteiger partial charge in [0, 0.05) is 37.1 Å². The van der Waals surface area contributed by atoms with E-state index in [-0.39, 0.29) is 12.5 Å². The maximum Gasteiger partial charge on any atom is 0.261 e. The van der Waals surface area contributed by atoms with Crippen molar-refractivity contribution in [3.63, 3.8) is 0 Å². The largest absolute Gasteiger partial charge is 0.489 e. The van der Waals surface area contributed by atoms with Crippen molar-refractivity contribution in [3.8, 4) is 5.75 Å². The first-order valence-corrected chi connectivity index (χ1v) is 9.17. The molecule has 29 heavy (non-hydrogen) atoms. The topological polar surface area (TPSA) is 84.6 Å². The number of hydrogen-bond acceptors (Lipinski definition) is 6. The fourth-order valence-electron chi connectivity index (χ4n) is 3.29. The van der Waals surface area contributed by atoms with Gasteiger partial charge in [0.1, 0.15) is 18.2 Å². The number of anilines is 4. The molecule has 4 rings (SSSR count). The lowest BCUT2D eigenvalue weighted by Crippen LogP contribution is -2.25. The number of nitrogens with zero attached hydrogens (tertiary/aromatic N) is 4. The molecule has 0 atom stereocenters. The molecule has 0 aliphatic carbocycles. The molecule has 2 N–H and O–H groups in total. The molecule has 7 nitrogen and oxygen atoms in total. The molecule has 1 aromatic carbocycles. The number of hydrogen-bond donors (Lipinski definition) is 1. The number of rotatable bonds is 4. The van der Waals surface area contributed by atoms with E-state index in [0.717, 1.165) is 5.56 Å². The Hall–Kier alpha value is -3.68.